The van der Waals surface area contributed by atoms with E-state index in [2.05, 4.69) is 17.4 Å². The van der Waals surface area contributed by atoms with Crippen molar-refractivity contribution in [3.8, 4) is 5.75 Å². The number of anilines is 1. The first-order valence-electron chi connectivity index (χ1n) is 5.41. The highest BCUT2D eigenvalue weighted by Crippen LogP contribution is 2.27. The highest BCUT2D eigenvalue weighted by atomic mass is 35.5. The molecule has 0 unspecified atom stereocenters. The largest absolute Gasteiger partial charge is 0.495 e. The van der Waals surface area contributed by atoms with Gasteiger partial charge in [-0.15, -0.1) is 0 Å². The highest BCUT2D eigenvalue weighted by Gasteiger charge is 2.03. The molecular formula is C14H14ClNO. The SMILES string of the molecule is COc1ccc(Cl)cc1NCc1ccccc1. The predicted molar refractivity (Wildman–Crippen MR) is 71.8 cm³/mol. The summed E-state index contributed by atoms with van der Waals surface area (Å²) in [7, 11) is 1.65. The van der Waals surface area contributed by atoms with Crippen LogP contribution in [0.1, 0.15) is 5.56 Å². The molecule has 0 fully saturated rings. The van der Waals surface area contributed by atoms with Crippen molar-refractivity contribution in [3.05, 3.63) is 59.1 Å². The molecule has 0 amide bonds. The van der Waals surface area contributed by atoms with Crippen molar-refractivity contribution < 1.29 is 4.74 Å². The highest BCUT2D eigenvalue weighted by molar-refractivity contribution is 6.30. The first-order valence-corrected chi connectivity index (χ1v) is 5.79. The van der Waals surface area contributed by atoms with Gasteiger partial charge in [0.1, 0.15) is 5.75 Å². The van der Waals surface area contributed by atoms with Crippen LogP contribution in [0.15, 0.2) is 48.5 Å². The molecular weight excluding hydrogens is 234 g/mol. The molecule has 88 valence electrons. The molecule has 2 aromatic rings. The summed E-state index contributed by atoms with van der Waals surface area (Å²) in [6.45, 7) is 0.748. The van der Waals surface area contributed by atoms with Crippen LogP contribution in [0.3, 0.4) is 0 Å². The molecule has 2 rings (SSSR count). The van der Waals surface area contributed by atoms with Gasteiger partial charge in [0, 0.05) is 11.6 Å². The average Bonchev–Trinajstić information content (AvgIpc) is 2.38. The van der Waals surface area contributed by atoms with Crippen LogP contribution in [0.5, 0.6) is 5.75 Å². The van der Waals surface area contributed by atoms with Crippen LogP contribution in [0.25, 0.3) is 0 Å². The fourth-order valence-electron chi connectivity index (χ4n) is 1.61. The molecule has 0 aliphatic carbocycles. The van der Waals surface area contributed by atoms with E-state index >= 15 is 0 Å². The lowest BCUT2D eigenvalue weighted by Crippen LogP contribution is -2.01. The molecule has 2 aromatic carbocycles. The van der Waals surface area contributed by atoms with Gasteiger partial charge in [0.25, 0.3) is 0 Å². The molecule has 0 bridgehead atoms. The zero-order chi connectivity index (χ0) is 12.1. The summed E-state index contributed by atoms with van der Waals surface area (Å²) in [5.74, 6) is 0.797. The molecule has 0 aliphatic rings. The smallest absolute Gasteiger partial charge is 0.142 e. The van der Waals surface area contributed by atoms with E-state index in [1.807, 2.05) is 36.4 Å². The van der Waals surface area contributed by atoms with Crippen molar-refractivity contribution in [1.29, 1.82) is 0 Å². The molecule has 0 heterocycles. The maximum atomic E-state index is 5.96. The normalized spacial score (nSPS) is 10.0. The zero-order valence-corrected chi connectivity index (χ0v) is 10.4. The van der Waals surface area contributed by atoms with Crippen molar-refractivity contribution in [3.63, 3.8) is 0 Å². The summed E-state index contributed by atoms with van der Waals surface area (Å²) in [4.78, 5) is 0. The Morgan fingerprint density at radius 1 is 1.12 bits per heavy atom. The van der Waals surface area contributed by atoms with Gasteiger partial charge in [-0.1, -0.05) is 41.9 Å². The van der Waals surface area contributed by atoms with Crippen LogP contribution in [-0.4, -0.2) is 7.11 Å². The van der Waals surface area contributed by atoms with E-state index in [4.69, 9.17) is 16.3 Å². The molecule has 1 N–H and O–H groups in total. The van der Waals surface area contributed by atoms with Crippen LogP contribution in [-0.2, 0) is 6.54 Å². The minimum Gasteiger partial charge on any atom is -0.495 e. The monoisotopic (exact) mass is 247 g/mol. The van der Waals surface area contributed by atoms with Gasteiger partial charge in [-0.3, -0.25) is 0 Å². The predicted octanol–water partition coefficient (Wildman–Crippen LogP) is 3.96. The van der Waals surface area contributed by atoms with Crippen LogP contribution in [0.2, 0.25) is 5.02 Å². The third-order valence-corrected chi connectivity index (χ3v) is 2.72. The van der Waals surface area contributed by atoms with Crippen molar-refractivity contribution in [2.75, 3.05) is 12.4 Å². The van der Waals surface area contributed by atoms with Crippen molar-refractivity contribution >= 4 is 17.3 Å². The Kier molecular flexibility index (Phi) is 3.89. The second kappa shape index (κ2) is 5.60. The fraction of sp³-hybridized carbons (Fsp3) is 0.143. The Balaban J connectivity index is 2.11. The van der Waals surface area contributed by atoms with E-state index in [0.717, 1.165) is 18.0 Å². The first-order chi connectivity index (χ1) is 8.29. The molecule has 0 saturated heterocycles. The number of halogens is 1. The Bertz CT molecular complexity index is 485. The van der Waals surface area contributed by atoms with Gasteiger partial charge in [-0.2, -0.15) is 0 Å². The second-order valence-electron chi connectivity index (χ2n) is 3.68. The molecule has 0 atom stereocenters. The van der Waals surface area contributed by atoms with Gasteiger partial charge in [0.05, 0.1) is 12.8 Å². The zero-order valence-electron chi connectivity index (χ0n) is 9.61. The summed E-state index contributed by atoms with van der Waals surface area (Å²) in [5, 5.41) is 4.01. The topological polar surface area (TPSA) is 21.3 Å². The Morgan fingerprint density at radius 3 is 2.59 bits per heavy atom. The Morgan fingerprint density at radius 2 is 1.88 bits per heavy atom. The Labute approximate surface area is 106 Å². The first kappa shape index (κ1) is 11.8. The molecule has 17 heavy (non-hydrogen) atoms. The second-order valence-corrected chi connectivity index (χ2v) is 4.12. The summed E-state index contributed by atoms with van der Waals surface area (Å²) in [5.41, 5.74) is 2.12. The van der Waals surface area contributed by atoms with Gasteiger partial charge in [-0.05, 0) is 23.8 Å². The number of ether oxygens (including phenoxy) is 1. The molecule has 0 spiro atoms. The lowest BCUT2D eigenvalue weighted by atomic mass is 10.2. The summed E-state index contributed by atoms with van der Waals surface area (Å²) in [6, 6.07) is 15.7. The van der Waals surface area contributed by atoms with Gasteiger partial charge >= 0.3 is 0 Å². The number of hydrogen-bond donors (Lipinski definition) is 1. The summed E-state index contributed by atoms with van der Waals surface area (Å²) in [6.07, 6.45) is 0. The fourth-order valence-corrected chi connectivity index (χ4v) is 1.78. The van der Waals surface area contributed by atoms with Crippen LogP contribution in [0, 0.1) is 0 Å². The quantitative estimate of drug-likeness (QED) is 0.883. The standard InChI is InChI=1S/C14H14ClNO/c1-17-14-8-7-12(15)9-13(14)16-10-11-5-3-2-4-6-11/h2-9,16H,10H2,1H3. The lowest BCUT2D eigenvalue weighted by molar-refractivity contribution is 0.416. The third kappa shape index (κ3) is 3.14. The lowest BCUT2D eigenvalue weighted by Gasteiger charge is -2.11. The molecule has 2 nitrogen and oxygen atoms in total. The number of benzene rings is 2. The van der Waals surface area contributed by atoms with E-state index < -0.39 is 0 Å². The van der Waals surface area contributed by atoms with E-state index in [1.165, 1.54) is 5.56 Å². The number of hydrogen-bond acceptors (Lipinski definition) is 2. The molecule has 0 aromatic heterocycles. The van der Waals surface area contributed by atoms with E-state index in [0.29, 0.717) is 5.02 Å². The third-order valence-electron chi connectivity index (χ3n) is 2.49. The maximum absolute atomic E-state index is 5.96. The minimum atomic E-state index is 0.696. The Hall–Kier alpha value is -1.67. The van der Waals surface area contributed by atoms with Crippen molar-refractivity contribution in [1.82, 2.24) is 0 Å². The van der Waals surface area contributed by atoms with Crippen molar-refractivity contribution in [2.24, 2.45) is 0 Å². The van der Waals surface area contributed by atoms with Gasteiger partial charge in [0.2, 0.25) is 0 Å². The van der Waals surface area contributed by atoms with Crippen LogP contribution >= 0.6 is 11.6 Å². The molecule has 0 aliphatic heterocycles. The summed E-state index contributed by atoms with van der Waals surface area (Å²) >= 11 is 5.96. The van der Waals surface area contributed by atoms with Gasteiger partial charge in [-0.25, -0.2) is 0 Å². The van der Waals surface area contributed by atoms with Crippen molar-refractivity contribution in [2.45, 2.75) is 6.54 Å². The van der Waals surface area contributed by atoms with E-state index in [-0.39, 0.29) is 0 Å². The average molecular weight is 248 g/mol. The number of methoxy groups -OCH3 is 1. The minimum absolute atomic E-state index is 0.696. The molecule has 0 saturated carbocycles. The molecule has 3 heteroatoms. The summed E-state index contributed by atoms with van der Waals surface area (Å²) < 4.78 is 5.27. The maximum Gasteiger partial charge on any atom is 0.142 e. The number of nitrogens with one attached hydrogen (secondary N) is 1. The van der Waals surface area contributed by atoms with Crippen LogP contribution in [0.4, 0.5) is 5.69 Å². The van der Waals surface area contributed by atoms with E-state index in [9.17, 15) is 0 Å². The van der Waals surface area contributed by atoms with Gasteiger partial charge in [0.15, 0.2) is 0 Å². The van der Waals surface area contributed by atoms with Crippen LogP contribution < -0.4 is 10.1 Å². The number of rotatable bonds is 4. The van der Waals surface area contributed by atoms with E-state index in [1.54, 1.807) is 7.11 Å². The molecule has 0 radical (unpaired) electrons. The van der Waals surface area contributed by atoms with Gasteiger partial charge < -0.3 is 10.1 Å².